The van der Waals surface area contributed by atoms with Crippen LogP contribution in [0.5, 0.6) is 5.75 Å². The van der Waals surface area contributed by atoms with Crippen molar-refractivity contribution in [2.45, 2.75) is 32.6 Å². The molecule has 0 aliphatic carbocycles. The molecule has 1 amide bonds. The predicted octanol–water partition coefficient (Wildman–Crippen LogP) is 1.69. The first-order valence-electron chi connectivity index (χ1n) is 10.9. The molecule has 0 bridgehead atoms. The number of nitrogens with zero attached hydrogens (tertiary/aromatic N) is 3. The van der Waals surface area contributed by atoms with Gasteiger partial charge in [-0.3, -0.25) is 9.10 Å². The minimum atomic E-state index is -3.71. The topological polar surface area (TPSA) is 82.2 Å². The zero-order chi connectivity index (χ0) is 21.6. The van der Waals surface area contributed by atoms with Crippen molar-refractivity contribution in [1.82, 2.24) is 14.5 Å². The van der Waals surface area contributed by atoms with Gasteiger partial charge in [0.05, 0.1) is 18.7 Å². The average Bonchev–Trinajstić information content (AvgIpc) is 3.28. The van der Waals surface area contributed by atoms with E-state index in [1.54, 1.807) is 31.4 Å². The third-order valence-electron chi connectivity index (χ3n) is 5.93. The van der Waals surface area contributed by atoms with E-state index in [1.165, 1.54) is 21.5 Å². The van der Waals surface area contributed by atoms with Crippen molar-refractivity contribution < 1.29 is 17.9 Å². The molecule has 0 saturated carbocycles. The smallest absolute Gasteiger partial charge is 0.304 e. The molecule has 1 aromatic carbocycles. The number of anilines is 1. The van der Waals surface area contributed by atoms with Gasteiger partial charge in [0.15, 0.2) is 0 Å². The van der Waals surface area contributed by atoms with Crippen molar-refractivity contribution in [2.75, 3.05) is 57.2 Å². The second-order valence-corrected chi connectivity index (χ2v) is 9.76. The van der Waals surface area contributed by atoms with Gasteiger partial charge in [0.25, 0.3) is 0 Å². The Morgan fingerprint density at radius 2 is 1.87 bits per heavy atom. The van der Waals surface area contributed by atoms with Gasteiger partial charge < -0.3 is 15.0 Å². The summed E-state index contributed by atoms with van der Waals surface area (Å²) in [5.41, 5.74) is 0.593. The molecule has 2 saturated heterocycles. The van der Waals surface area contributed by atoms with Crippen LogP contribution in [0.1, 0.15) is 32.6 Å². The first-order valence-corrected chi connectivity index (χ1v) is 12.3. The van der Waals surface area contributed by atoms with Crippen LogP contribution in [-0.2, 0) is 15.0 Å². The van der Waals surface area contributed by atoms with Crippen LogP contribution in [0.25, 0.3) is 0 Å². The van der Waals surface area contributed by atoms with Crippen LogP contribution in [0.15, 0.2) is 24.3 Å². The SMILES string of the molecule is CCN(c1ccc(OC)cc1)S(=O)(=O)N1CCCC(C(=O)NCCN2CCCC2)C1. The van der Waals surface area contributed by atoms with E-state index in [2.05, 4.69) is 10.2 Å². The van der Waals surface area contributed by atoms with E-state index in [0.29, 0.717) is 37.5 Å². The fourth-order valence-corrected chi connectivity index (χ4v) is 5.94. The van der Waals surface area contributed by atoms with Crippen LogP contribution in [0.3, 0.4) is 0 Å². The number of methoxy groups -OCH3 is 1. The molecule has 2 aliphatic rings. The summed E-state index contributed by atoms with van der Waals surface area (Å²) < 4.78 is 34.6. The first kappa shape index (κ1) is 22.8. The highest BCUT2D eigenvalue weighted by Crippen LogP contribution is 2.26. The maximum absolute atomic E-state index is 13.3. The molecule has 0 spiro atoms. The van der Waals surface area contributed by atoms with Crippen LogP contribution >= 0.6 is 0 Å². The molecular weight excluding hydrogens is 404 g/mol. The number of rotatable bonds is 9. The Labute approximate surface area is 180 Å². The van der Waals surface area contributed by atoms with Crippen LogP contribution in [0, 0.1) is 5.92 Å². The Bertz CT molecular complexity index is 794. The van der Waals surface area contributed by atoms with Gasteiger partial charge in [0, 0.05) is 32.7 Å². The van der Waals surface area contributed by atoms with Crippen molar-refractivity contribution in [3.05, 3.63) is 24.3 Å². The summed E-state index contributed by atoms with van der Waals surface area (Å²) >= 11 is 0. The molecule has 0 aromatic heterocycles. The molecule has 1 aromatic rings. The van der Waals surface area contributed by atoms with E-state index in [0.717, 1.165) is 26.1 Å². The van der Waals surface area contributed by atoms with E-state index in [1.807, 2.05) is 6.92 Å². The molecular formula is C21H34N4O4S. The summed E-state index contributed by atoms with van der Waals surface area (Å²) in [6, 6.07) is 6.99. The summed E-state index contributed by atoms with van der Waals surface area (Å²) in [5, 5.41) is 3.01. The predicted molar refractivity (Wildman–Crippen MR) is 118 cm³/mol. The number of carbonyl (C=O) groups excluding carboxylic acids is 1. The number of nitrogens with one attached hydrogen (secondary N) is 1. The second kappa shape index (κ2) is 10.5. The lowest BCUT2D eigenvalue weighted by Crippen LogP contribution is -2.51. The number of hydrogen-bond donors (Lipinski definition) is 1. The van der Waals surface area contributed by atoms with Gasteiger partial charge in [-0.05, 0) is 70.0 Å². The van der Waals surface area contributed by atoms with Gasteiger partial charge in [0.1, 0.15) is 5.75 Å². The van der Waals surface area contributed by atoms with Gasteiger partial charge in [-0.2, -0.15) is 12.7 Å². The van der Waals surface area contributed by atoms with Crippen LogP contribution in [0.4, 0.5) is 5.69 Å². The molecule has 8 nitrogen and oxygen atoms in total. The first-order chi connectivity index (χ1) is 14.5. The quantitative estimate of drug-likeness (QED) is 0.635. The number of benzene rings is 1. The molecule has 30 heavy (non-hydrogen) atoms. The molecule has 2 heterocycles. The lowest BCUT2D eigenvalue weighted by Gasteiger charge is -2.35. The standard InChI is InChI=1S/C21H34N4O4S/c1-3-25(19-8-10-20(29-2)11-9-19)30(27,28)24-15-6-7-18(17-24)21(26)22-12-16-23-13-4-5-14-23/h8-11,18H,3-7,12-17H2,1-2H3,(H,22,26). The van der Waals surface area contributed by atoms with E-state index in [-0.39, 0.29) is 18.4 Å². The van der Waals surface area contributed by atoms with E-state index >= 15 is 0 Å². The molecule has 2 fully saturated rings. The number of carbonyl (C=O) groups is 1. The monoisotopic (exact) mass is 438 g/mol. The molecule has 1 atom stereocenters. The van der Waals surface area contributed by atoms with Crippen molar-refractivity contribution in [1.29, 1.82) is 0 Å². The average molecular weight is 439 g/mol. The Hall–Kier alpha value is -1.84. The normalized spacial score (nSPS) is 20.8. The molecule has 1 unspecified atom stereocenters. The zero-order valence-electron chi connectivity index (χ0n) is 18.0. The van der Waals surface area contributed by atoms with Crippen molar-refractivity contribution >= 4 is 21.8 Å². The van der Waals surface area contributed by atoms with Crippen LogP contribution < -0.4 is 14.4 Å². The lowest BCUT2D eigenvalue weighted by atomic mass is 9.99. The molecule has 168 valence electrons. The van der Waals surface area contributed by atoms with Crippen LogP contribution in [0.2, 0.25) is 0 Å². The maximum Gasteiger partial charge on any atom is 0.304 e. The van der Waals surface area contributed by atoms with E-state index in [9.17, 15) is 13.2 Å². The minimum absolute atomic E-state index is 0.0402. The van der Waals surface area contributed by atoms with E-state index in [4.69, 9.17) is 4.74 Å². The second-order valence-electron chi connectivity index (χ2n) is 7.91. The number of likely N-dealkylation sites (tertiary alicyclic amines) is 1. The van der Waals surface area contributed by atoms with Crippen molar-refractivity contribution in [2.24, 2.45) is 5.92 Å². The summed E-state index contributed by atoms with van der Waals surface area (Å²) in [5.74, 6) is 0.333. The third kappa shape index (κ3) is 5.44. The molecule has 3 rings (SSSR count). The number of hydrogen-bond acceptors (Lipinski definition) is 5. The largest absolute Gasteiger partial charge is 0.497 e. The number of ether oxygens (including phenoxy) is 1. The summed E-state index contributed by atoms with van der Waals surface area (Å²) in [4.78, 5) is 15.0. The van der Waals surface area contributed by atoms with Crippen LogP contribution in [-0.4, -0.2) is 76.5 Å². The Kier molecular flexibility index (Phi) is 7.96. The summed E-state index contributed by atoms with van der Waals surface area (Å²) in [7, 11) is -2.13. The molecule has 9 heteroatoms. The minimum Gasteiger partial charge on any atom is -0.497 e. The lowest BCUT2D eigenvalue weighted by molar-refractivity contribution is -0.126. The number of piperidine rings is 1. The fourth-order valence-electron chi connectivity index (χ4n) is 4.22. The maximum atomic E-state index is 13.3. The summed E-state index contributed by atoms with van der Waals surface area (Å²) in [6.07, 6.45) is 3.86. The van der Waals surface area contributed by atoms with Gasteiger partial charge >= 0.3 is 10.2 Å². The summed E-state index contributed by atoms with van der Waals surface area (Å²) in [6.45, 7) is 6.48. The zero-order valence-corrected chi connectivity index (χ0v) is 18.9. The Morgan fingerprint density at radius 3 is 2.50 bits per heavy atom. The Balaban J connectivity index is 1.60. The van der Waals surface area contributed by atoms with Gasteiger partial charge in [0.2, 0.25) is 5.91 Å². The highest BCUT2D eigenvalue weighted by molar-refractivity contribution is 7.90. The molecule has 0 radical (unpaired) electrons. The van der Waals surface area contributed by atoms with Crippen molar-refractivity contribution in [3.8, 4) is 5.75 Å². The molecule has 1 N–H and O–H groups in total. The van der Waals surface area contributed by atoms with Gasteiger partial charge in [-0.25, -0.2) is 0 Å². The Morgan fingerprint density at radius 1 is 1.17 bits per heavy atom. The van der Waals surface area contributed by atoms with Gasteiger partial charge in [-0.15, -0.1) is 0 Å². The highest BCUT2D eigenvalue weighted by Gasteiger charge is 2.35. The highest BCUT2D eigenvalue weighted by atomic mass is 32.2. The fraction of sp³-hybridized carbons (Fsp3) is 0.667. The third-order valence-corrected chi connectivity index (χ3v) is 7.94. The van der Waals surface area contributed by atoms with E-state index < -0.39 is 10.2 Å². The molecule has 2 aliphatic heterocycles. The number of amides is 1. The van der Waals surface area contributed by atoms with Gasteiger partial charge in [-0.1, -0.05) is 0 Å². The van der Waals surface area contributed by atoms with Crippen molar-refractivity contribution in [3.63, 3.8) is 0 Å².